The second kappa shape index (κ2) is 11.0. The van der Waals surface area contributed by atoms with E-state index in [-0.39, 0.29) is 12.3 Å². The van der Waals surface area contributed by atoms with Gasteiger partial charge < -0.3 is 19.9 Å². The van der Waals surface area contributed by atoms with Crippen LogP contribution in [0.25, 0.3) is 11.0 Å². The molecule has 8 heteroatoms. The maximum absolute atomic E-state index is 12.1. The highest BCUT2D eigenvalue weighted by Gasteiger charge is 2.13. The first-order chi connectivity index (χ1) is 16.5. The van der Waals surface area contributed by atoms with E-state index in [0.29, 0.717) is 23.8 Å². The Balaban J connectivity index is 1.20. The third-order valence-corrected chi connectivity index (χ3v) is 5.73. The monoisotopic (exact) mass is 462 g/mol. The van der Waals surface area contributed by atoms with Gasteiger partial charge in [-0.25, -0.2) is 9.78 Å². The lowest BCUT2D eigenvalue weighted by Gasteiger charge is -2.14. The highest BCUT2D eigenvalue weighted by Crippen LogP contribution is 2.21. The van der Waals surface area contributed by atoms with Crippen molar-refractivity contribution in [2.75, 3.05) is 19.8 Å². The van der Waals surface area contributed by atoms with Gasteiger partial charge in [0.15, 0.2) is 0 Å². The normalized spacial score (nSPS) is 12.1. The molecule has 0 aliphatic rings. The lowest BCUT2D eigenvalue weighted by atomic mass is 10.1. The highest BCUT2D eigenvalue weighted by molar-refractivity contribution is 5.77. The molecule has 0 bridgehead atoms. The number of aliphatic hydroxyl groups is 1. The van der Waals surface area contributed by atoms with Crippen LogP contribution in [0.2, 0.25) is 0 Å². The Morgan fingerprint density at radius 3 is 2.56 bits per heavy atom. The van der Waals surface area contributed by atoms with Crippen LogP contribution in [0.3, 0.4) is 0 Å². The molecule has 0 radical (unpaired) electrons. The van der Waals surface area contributed by atoms with E-state index in [9.17, 15) is 9.90 Å². The molecule has 0 saturated carbocycles. The quantitative estimate of drug-likeness (QED) is 0.333. The van der Waals surface area contributed by atoms with Crippen molar-refractivity contribution in [3.8, 4) is 11.6 Å². The van der Waals surface area contributed by atoms with Crippen molar-refractivity contribution in [1.82, 2.24) is 19.4 Å². The van der Waals surface area contributed by atoms with Gasteiger partial charge in [-0.2, -0.15) is 0 Å². The third-order valence-electron chi connectivity index (χ3n) is 5.73. The molecule has 34 heavy (non-hydrogen) atoms. The number of pyridine rings is 1. The largest absolute Gasteiger partial charge is 0.491 e. The summed E-state index contributed by atoms with van der Waals surface area (Å²) in [6, 6.07) is 18.9. The number of rotatable bonds is 11. The van der Waals surface area contributed by atoms with Crippen LogP contribution in [-0.4, -0.2) is 39.0 Å². The second-order valence-electron chi connectivity index (χ2n) is 8.17. The van der Waals surface area contributed by atoms with Gasteiger partial charge >= 0.3 is 5.69 Å². The van der Waals surface area contributed by atoms with E-state index < -0.39 is 6.10 Å². The Labute approximate surface area is 198 Å². The number of nitrogens with zero attached hydrogens (tertiary/aromatic N) is 3. The molecule has 0 saturated heterocycles. The summed E-state index contributed by atoms with van der Waals surface area (Å²) in [5.74, 6) is 1.34. The van der Waals surface area contributed by atoms with Gasteiger partial charge in [-0.05, 0) is 54.4 Å². The Morgan fingerprint density at radius 2 is 1.79 bits per heavy atom. The summed E-state index contributed by atoms with van der Waals surface area (Å²) in [6.45, 7) is 2.34. The van der Waals surface area contributed by atoms with Crippen molar-refractivity contribution in [2.45, 2.75) is 19.1 Å². The van der Waals surface area contributed by atoms with Gasteiger partial charge in [-0.1, -0.05) is 24.3 Å². The minimum Gasteiger partial charge on any atom is -0.491 e. The van der Waals surface area contributed by atoms with Crippen molar-refractivity contribution in [2.24, 2.45) is 14.1 Å². The molecule has 0 fully saturated rings. The summed E-state index contributed by atoms with van der Waals surface area (Å²) in [6.07, 6.45) is 1.81. The minimum atomic E-state index is -0.797. The van der Waals surface area contributed by atoms with E-state index in [1.807, 2.05) is 60.7 Å². The summed E-state index contributed by atoms with van der Waals surface area (Å²) in [5, 5.41) is 14.0. The Kier molecular flexibility index (Phi) is 7.61. The number of hydrogen-bond donors (Lipinski definition) is 2. The first-order valence-corrected chi connectivity index (χ1v) is 11.3. The van der Waals surface area contributed by atoms with Crippen molar-refractivity contribution >= 4 is 11.0 Å². The number of aryl methyl sites for hydroxylation is 2. The van der Waals surface area contributed by atoms with Crippen LogP contribution in [0.5, 0.6) is 11.6 Å². The molecule has 8 nitrogen and oxygen atoms in total. The van der Waals surface area contributed by atoms with E-state index in [0.717, 1.165) is 36.1 Å². The SMILES string of the molecule is Cn1c(=O)n(C)c2cc([C@@H](O)COc3ccc(CNCCCOc4ccccn4)cc3)ccc21. The number of ether oxygens (including phenoxy) is 2. The number of aromatic nitrogens is 3. The molecule has 1 atom stereocenters. The number of aliphatic hydroxyl groups excluding tert-OH is 1. The summed E-state index contributed by atoms with van der Waals surface area (Å²) >= 11 is 0. The molecule has 0 aliphatic heterocycles. The number of hydrogen-bond acceptors (Lipinski definition) is 6. The van der Waals surface area contributed by atoms with E-state index in [1.165, 1.54) is 0 Å². The van der Waals surface area contributed by atoms with Crippen LogP contribution in [0.15, 0.2) is 71.7 Å². The Hall–Kier alpha value is -3.62. The minimum absolute atomic E-state index is 0.0923. The summed E-state index contributed by atoms with van der Waals surface area (Å²) in [7, 11) is 3.46. The predicted molar refractivity (Wildman–Crippen MR) is 131 cm³/mol. The molecule has 0 aliphatic carbocycles. The lowest BCUT2D eigenvalue weighted by Crippen LogP contribution is -2.19. The topological polar surface area (TPSA) is 90.5 Å². The summed E-state index contributed by atoms with van der Waals surface area (Å²) in [4.78, 5) is 16.2. The fourth-order valence-electron chi connectivity index (χ4n) is 3.75. The second-order valence-corrected chi connectivity index (χ2v) is 8.17. The number of benzene rings is 2. The molecule has 2 aromatic heterocycles. The van der Waals surface area contributed by atoms with Crippen molar-refractivity contribution in [3.63, 3.8) is 0 Å². The molecule has 4 rings (SSSR count). The summed E-state index contributed by atoms with van der Waals surface area (Å²) in [5.41, 5.74) is 3.37. The van der Waals surface area contributed by atoms with Gasteiger partial charge in [0.2, 0.25) is 5.88 Å². The van der Waals surface area contributed by atoms with Crippen LogP contribution >= 0.6 is 0 Å². The molecule has 2 heterocycles. The fourth-order valence-corrected chi connectivity index (χ4v) is 3.75. The zero-order valence-corrected chi connectivity index (χ0v) is 19.5. The van der Waals surface area contributed by atoms with Crippen LogP contribution in [-0.2, 0) is 20.6 Å². The molecule has 0 amide bonds. The molecule has 2 aromatic carbocycles. The fraction of sp³-hybridized carbons (Fsp3) is 0.308. The lowest BCUT2D eigenvalue weighted by molar-refractivity contribution is 0.108. The van der Waals surface area contributed by atoms with Crippen LogP contribution in [0, 0.1) is 0 Å². The van der Waals surface area contributed by atoms with E-state index in [4.69, 9.17) is 9.47 Å². The number of fused-ring (bicyclic) bond motifs is 1. The van der Waals surface area contributed by atoms with Crippen molar-refractivity contribution < 1.29 is 14.6 Å². The number of nitrogens with one attached hydrogen (secondary N) is 1. The van der Waals surface area contributed by atoms with Gasteiger partial charge in [0.25, 0.3) is 0 Å². The van der Waals surface area contributed by atoms with Gasteiger partial charge in [0.05, 0.1) is 17.6 Å². The maximum atomic E-state index is 12.1. The molecule has 4 aromatic rings. The van der Waals surface area contributed by atoms with Crippen LogP contribution in [0.1, 0.15) is 23.7 Å². The van der Waals surface area contributed by atoms with Gasteiger partial charge in [-0.15, -0.1) is 0 Å². The summed E-state index contributed by atoms with van der Waals surface area (Å²) < 4.78 is 14.5. The Morgan fingerprint density at radius 1 is 1.00 bits per heavy atom. The average Bonchev–Trinajstić information content (AvgIpc) is 3.09. The molecular weight excluding hydrogens is 432 g/mol. The predicted octanol–water partition coefficient (Wildman–Crippen LogP) is 2.94. The highest BCUT2D eigenvalue weighted by atomic mass is 16.5. The molecule has 178 valence electrons. The zero-order chi connectivity index (χ0) is 23.9. The van der Waals surface area contributed by atoms with Crippen molar-refractivity contribution in [1.29, 1.82) is 0 Å². The van der Waals surface area contributed by atoms with E-state index >= 15 is 0 Å². The molecule has 0 spiro atoms. The van der Waals surface area contributed by atoms with Crippen LogP contribution < -0.4 is 20.5 Å². The standard InChI is InChI=1S/C26H30N4O4/c1-29-22-12-9-20(16-23(22)30(2)26(29)32)24(31)18-34-21-10-7-19(8-11-21)17-27-13-5-15-33-25-6-3-4-14-28-25/h3-4,6-12,14,16,24,27,31H,5,13,15,17-18H2,1-2H3/t24-/m0/s1. The van der Waals surface area contributed by atoms with Crippen molar-refractivity contribution in [3.05, 3.63) is 88.5 Å². The smallest absolute Gasteiger partial charge is 0.328 e. The van der Waals surface area contributed by atoms with E-state index in [1.54, 1.807) is 29.4 Å². The molecule has 2 N–H and O–H groups in total. The first kappa shape index (κ1) is 23.5. The third kappa shape index (κ3) is 5.65. The molecular formula is C26H30N4O4. The molecule has 0 unspecified atom stereocenters. The van der Waals surface area contributed by atoms with Crippen LogP contribution in [0.4, 0.5) is 0 Å². The Bertz CT molecular complexity index is 1270. The zero-order valence-electron chi connectivity index (χ0n) is 19.5. The maximum Gasteiger partial charge on any atom is 0.328 e. The van der Waals surface area contributed by atoms with E-state index in [2.05, 4.69) is 10.3 Å². The van der Waals surface area contributed by atoms with Gasteiger partial charge in [0, 0.05) is 32.9 Å². The van der Waals surface area contributed by atoms with Gasteiger partial charge in [-0.3, -0.25) is 9.13 Å². The van der Waals surface area contributed by atoms with Gasteiger partial charge in [0.1, 0.15) is 18.5 Å². The first-order valence-electron chi connectivity index (χ1n) is 11.3. The number of imidazole rings is 1. The average molecular weight is 463 g/mol.